The number of ether oxygens (including phenoxy) is 3. The summed E-state index contributed by atoms with van der Waals surface area (Å²) in [5, 5.41) is 9.90. The lowest BCUT2D eigenvalue weighted by Gasteiger charge is -2.33. The molecule has 0 radical (unpaired) electrons. The standard InChI is InChI=1S/C9H20O4/c1-5-8(11-4)9(10,12-6-2)13-7-3/h8,10H,5-7H2,1-4H3. The SMILES string of the molecule is CCOC(O)(OCC)C(CC)OC. The first-order chi connectivity index (χ1) is 6.14. The van der Waals surface area contributed by atoms with Crippen molar-refractivity contribution in [2.75, 3.05) is 20.3 Å². The molecule has 0 aromatic carbocycles. The minimum absolute atomic E-state index is 0.385. The summed E-state index contributed by atoms with van der Waals surface area (Å²) in [6.07, 6.45) is 0.180. The zero-order chi connectivity index (χ0) is 10.3. The fraction of sp³-hybridized carbons (Fsp3) is 1.00. The van der Waals surface area contributed by atoms with Gasteiger partial charge < -0.3 is 19.3 Å². The Morgan fingerprint density at radius 1 is 1.15 bits per heavy atom. The molecule has 0 aromatic heterocycles. The van der Waals surface area contributed by atoms with Crippen LogP contribution in [0.4, 0.5) is 0 Å². The van der Waals surface area contributed by atoms with Gasteiger partial charge in [0.1, 0.15) is 6.10 Å². The fourth-order valence-electron chi connectivity index (χ4n) is 1.21. The van der Waals surface area contributed by atoms with Gasteiger partial charge in [-0.3, -0.25) is 0 Å². The summed E-state index contributed by atoms with van der Waals surface area (Å²) in [5.41, 5.74) is 0. The van der Waals surface area contributed by atoms with E-state index in [-0.39, 0.29) is 0 Å². The summed E-state index contributed by atoms with van der Waals surface area (Å²) in [6, 6.07) is 0. The first kappa shape index (κ1) is 12.8. The van der Waals surface area contributed by atoms with E-state index < -0.39 is 12.1 Å². The third-order valence-electron chi connectivity index (χ3n) is 1.76. The summed E-state index contributed by atoms with van der Waals surface area (Å²) in [7, 11) is 1.52. The van der Waals surface area contributed by atoms with Gasteiger partial charge in [0.15, 0.2) is 0 Å². The van der Waals surface area contributed by atoms with E-state index in [1.165, 1.54) is 7.11 Å². The molecular weight excluding hydrogens is 172 g/mol. The number of methoxy groups -OCH3 is 1. The maximum absolute atomic E-state index is 9.90. The molecule has 0 rings (SSSR count). The fourth-order valence-corrected chi connectivity index (χ4v) is 1.21. The third kappa shape index (κ3) is 3.60. The maximum atomic E-state index is 9.90. The van der Waals surface area contributed by atoms with E-state index in [4.69, 9.17) is 14.2 Å². The zero-order valence-corrected chi connectivity index (χ0v) is 8.87. The molecule has 0 spiro atoms. The molecule has 1 atom stereocenters. The summed E-state index contributed by atoms with van der Waals surface area (Å²) in [6.45, 7) is 6.27. The Labute approximate surface area is 79.8 Å². The van der Waals surface area contributed by atoms with Gasteiger partial charge in [0.25, 0.3) is 0 Å². The minimum Gasteiger partial charge on any atom is -0.373 e. The molecule has 13 heavy (non-hydrogen) atoms. The molecule has 0 aliphatic heterocycles. The normalized spacial score (nSPS) is 14.5. The molecule has 0 bridgehead atoms. The Bertz CT molecular complexity index is 117. The summed E-state index contributed by atoms with van der Waals surface area (Å²) < 4.78 is 15.3. The lowest BCUT2D eigenvalue weighted by Crippen LogP contribution is -2.48. The van der Waals surface area contributed by atoms with Crippen molar-refractivity contribution in [3.05, 3.63) is 0 Å². The molecule has 0 saturated carbocycles. The summed E-state index contributed by atoms with van der Waals surface area (Å²) >= 11 is 0. The molecule has 80 valence electrons. The van der Waals surface area contributed by atoms with Gasteiger partial charge in [-0.25, -0.2) is 0 Å². The van der Waals surface area contributed by atoms with Crippen LogP contribution in [0.1, 0.15) is 27.2 Å². The highest BCUT2D eigenvalue weighted by atomic mass is 16.8. The molecule has 0 amide bonds. The topological polar surface area (TPSA) is 47.9 Å². The van der Waals surface area contributed by atoms with Crippen LogP contribution in [0.2, 0.25) is 0 Å². The molecule has 4 nitrogen and oxygen atoms in total. The van der Waals surface area contributed by atoms with Gasteiger partial charge in [0, 0.05) is 20.3 Å². The number of rotatable bonds is 7. The van der Waals surface area contributed by atoms with E-state index in [1.807, 2.05) is 6.92 Å². The highest BCUT2D eigenvalue weighted by Gasteiger charge is 2.38. The molecule has 4 heteroatoms. The second-order valence-corrected chi connectivity index (χ2v) is 2.63. The Hall–Kier alpha value is -0.160. The monoisotopic (exact) mass is 192 g/mol. The van der Waals surface area contributed by atoms with E-state index >= 15 is 0 Å². The van der Waals surface area contributed by atoms with Crippen LogP contribution in [-0.4, -0.2) is 37.5 Å². The van der Waals surface area contributed by atoms with Crippen molar-refractivity contribution in [1.29, 1.82) is 0 Å². The zero-order valence-electron chi connectivity index (χ0n) is 8.87. The van der Waals surface area contributed by atoms with Crippen molar-refractivity contribution in [2.45, 2.75) is 39.3 Å². The van der Waals surface area contributed by atoms with Crippen LogP contribution < -0.4 is 0 Å². The molecule has 1 N–H and O–H groups in total. The van der Waals surface area contributed by atoms with Gasteiger partial charge in [-0.05, 0) is 20.3 Å². The van der Waals surface area contributed by atoms with Gasteiger partial charge in [0.2, 0.25) is 0 Å². The van der Waals surface area contributed by atoms with Crippen LogP contribution in [-0.2, 0) is 14.2 Å². The van der Waals surface area contributed by atoms with E-state index in [0.29, 0.717) is 19.6 Å². The molecule has 0 aliphatic rings. The van der Waals surface area contributed by atoms with Crippen LogP contribution in [0, 0.1) is 0 Å². The van der Waals surface area contributed by atoms with Crippen LogP contribution in [0.3, 0.4) is 0 Å². The predicted molar refractivity (Wildman–Crippen MR) is 49.3 cm³/mol. The lowest BCUT2D eigenvalue weighted by molar-refractivity contribution is -0.396. The van der Waals surface area contributed by atoms with Crippen LogP contribution >= 0.6 is 0 Å². The van der Waals surface area contributed by atoms with Gasteiger partial charge in [-0.15, -0.1) is 0 Å². The minimum atomic E-state index is -1.60. The summed E-state index contributed by atoms with van der Waals surface area (Å²) in [4.78, 5) is 0. The maximum Gasteiger partial charge on any atom is 0.308 e. The van der Waals surface area contributed by atoms with Gasteiger partial charge in [-0.2, -0.15) is 0 Å². The Morgan fingerprint density at radius 2 is 1.62 bits per heavy atom. The van der Waals surface area contributed by atoms with Crippen molar-refractivity contribution in [2.24, 2.45) is 0 Å². The molecule has 0 fully saturated rings. The van der Waals surface area contributed by atoms with Crippen molar-refractivity contribution < 1.29 is 19.3 Å². The molecule has 0 aliphatic carbocycles. The number of aliphatic hydroxyl groups is 1. The average Bonchev–Trinajstić information content (AvgIpc) is 2.07. The molecule has 1 unspecified atom stereocenters. The largest absolute Gasteiger partial charge is 0.373 e. The number of hydrogen-bond acceptors (Lipinski definition) is 4. The number of hydrogen-bond donors (Lipinski definition) is 1. The van der Waals surface area contributed by atoms with Crippen LogP contribution in [0.25, 0.3) is 0 Å². The Morgan fingerprint density at radius 3 is 1.85 bits per heavy atom. The molecule has 0 saturated heterocycles. The Balaban J connectivity index is 4.33. The average molecular weight is 192 g/mol. The Kier molecular flexibility index (Phi) is 6.24. The summed E-state index contributed by atoms with van der Waals surface area (Å²) in [5.74, 6) is -1.60. The van der Waals surface area contributed by atoms with E-state index in [0.717, 1.165) is 0 Å². The second kappa shape index (κ2) is 6.32. The predicted octanol–water partition coefficient (Wildman–Crippen LogP) is 1.13. The highest BCUT2D eigenvalue weighted by Crippen LogP contribution is 2.19. The second-order valence-electron chi connectivity index (χ2n) is 2.63. The van der Waals surface area contributed by atoms with Gasteiger partial charge >= 0.3 is 5.97 Å². The lowest BCUT2D eigenvalue weighted by atomic mass is 10.2. The van der Waals surface area contributed by atoms with Crippen molar-refractivity contribution >= 4 is 0 Å². The van der Waals surface area contributed by atoms with Crippen molar-refractivity contribution in [3.63, 3.8) is 0 Å². The first-order valence-electron chi connectivity index (χ1n) is 4.67. The highest BCUT2D eigenvalue weighted by molar-refractivity contribution is 4.67. The molecular formula is C9H20O4. The van der Waals surface area contributed by atoms with Crippen molar-refractivity contribution in [3.8, 4) is 0 Å². The van der Waals surface area contributed by atoms with E-state index in [2.05, 4.69) is 0 Å². The third-order valence-corrected chi connectivity index (χ3v) is 1.76. The van der Waals surface area contributed by atoms with Gasteiger partial charge in [0.05, 0.1) is 0 Å². The van der Waals surface area contributed by atoms with E-state index in [9.17, 15) is 5.11 Å². The van der Waals surface area contributed by atoms with Crippen molar-refractivity contribution in [1.82, 2.24) is 0 Å². The smallest absolute Gasteiger partial charge is 0.308 e. The first-order valence-corrected chi connectivity index (χ1v) is 4.67. The van der Waals surface area contributed by atoms with E-state index in [1.54, 1.807) is 13.8 Å². The van der Waals surface area contributed by atoms with Crippen LogP contribution in [0.15, 0.2) is 0 Å². The molecule has 0 heterocycles. The molecule has 0 aromatic rings. The van der Waals surface area contributed by atoms with Gasteiger partial charge in [-0.1, -0.05) is 6.92 Å². The quantitative estimate of drug-likeness (QED) is 0.614. The van der Waals surface area contributed by atoms with Crippen LogP contribution in [0.5, 0.6) is 0 Å².